The first kappa shape index (κ1) is 14.3. The van der Waals surface area contributed by atoms with Gasteiger partial charge in [-0.3, -0.25) is 9.48 Å². The lowest BCUT2D eigenvalue weighted by Gasteiger charge is -2.07. The fraction of sp³-hybridized carbons (Fsp3) is 0.235. The van der Waals surface area contributed by atoms with E-state index in [4.69, 9.17) is 0 Å². The van der Waals surface area contributed by atoms with Crippen molar-refractivity contribution < 1.29 is 4.79 Å². The van der Waals surface area contributed by atoms with Crippen molar-refractivity contribution in [3.05, 3.63) is 59.4 Å². The fourth-order valence-corrected chi connectivity index (χ4v) is 2.49. The van der Waals surface area contributed by atoms with Crippen molar-refractivity contribution in [2.45, 2.75) is 13.3 Å². The van der Waals surface area contributed by atoms with Crippen LogP contribution in [0.3, 0.4) is 0 Å². The number of carbonyl (C=O) groups excluding carboxylic acids is 1. The van der Waals surface area contributed by atoms with E-state index in [-0.39, 0.29) is 5.91 Å². The van der Waals surface area contributed by atoms with E-state index in [1.807, 2.05) is 38.2 Å². The highest BCUT2D eigenvalue weighted by Crippen LogP contribution is 2.17. The summed E-state index contributed by atoms with van der Waals surface area (Å²) in [5.74, 6) is -0.0839. The predicted octanol–water partition coefficient (Wildman–Crippen LogP) is 2.25. The predicted molar refractivity (Wildman–Crippen MR) is 85.7 cm³/mol. The van der Waals surface area contributed by atoms with Crippen LogP contribution in [0.2, 0.25) is 0 Å². The first-order valence-corrected chi connectivity index (χ1v) is 7.26. The Morgan fingerprint density at radius 1 is 1.27 bits per heavy atom. The molecule has 2 heterocycles. The largest absolute Gasteiger partial charge is 0.352 e. The third kappa shape index (κ3) is 2.83. The standard InChI is InChI=1S/C17H18N4O/c1-12-10-14(15-11-19-21(2)16(15)20-12)17(22)18-9-8-13-6-4-3-5-7-13/h3-7,10-11H,8-9H2,1-2H3,(H,18,22). The summed E-state index contributed by atoms with van der Waals surface area (Å²) in [6.07, 6.45) is 2.50. The van der Waals surface area contributed by atoms with Gasteiger partial charge >= 0.3 is 0 Å². The number of fused-ring (bicyclic) bond motifs is 1. The molecule has 0 saturated heterocycles. The summed E-state index contributed by atoms with van der Waals surface area (Å²) in [6.45, 7) is 2.49. The Labute approximate surface area is 129 Å². The average Bonchev–Trinajstić information content (AvgIpc) is 2.89. The summed E-state index contributed by atoms with van der Waals surface area (Å²) >= 11 is 0. The zero-order valence-corrected chi connectivity index (χ0v) is 12.7. The molecule has 0 unspecified atom stereocenters. The summed E-state index contributed by atoms with van der Waals surface area (Å²) in [4.78, 5) is 16.9. The van der Waals surface area contributed by atoms with Crippen LogP contribution in [0.1, 0.15) is 21.6 Å². The van der Waals surface area contributed by atoms with Gasteiger partial charge in [0.2, 0.25) is 0 Å². The summed E-state index contributed by atoms with van der Waals surface area (Å²) in [5.41, 5.74) is 3.38. The van der Waals surface area contributed by atoms with Crippen LogP contribution in [-0.4, -0.2) is 27.2 Å². The molecule has 0 aliphatic rings. The molecule has 0 fully saturated rings. The molecule has 0 saturated carbocycles. The van der Waals surface area contributed by atoms with Gasteiger partial charge in [0, 0.05) is 19.3 Å². The molecule has 0 spiro atoms. The van der Waals surface area contributed by atoms with Gasteiger partial charge in [-0.1, -0.05) is 30.3 Å². The minimum absolute atomic E-state index is 0.0839. The van der Waals surface area contributed by atoms with Crippen molar-refractivity contribution in [1.82, 2.24) is 20.1 Å². The summed E-state index contributed by atoms with van der Waals surface area (Å²) in [6, 6.07) is 11.9. The van der Waals surface area contributed by atoms with Gasteiger partial charge in [0.25, 0.3) is 5.91 Å². The number of aromatic nitrogens is 3. The van der Waals surface area contributed by atoms with Crippen LogP contribution in [0.4, 0.5) is 0 Å². The number of carbonyl (C=O) groups is 1. The van der Waals surface area contributed by atoms with E-state index < -0.39 is 0 Å². The molecule has 0 atom stereocenters. The highest BCUT2D eigenvalue weighted by molar-refractivity contribution is 6.05. The van der Waals surface area contributed by atoms with Crippen LogP contribution in [0.25, 0.3) is 11.0 Å². The Hall–Kier alpha value is -2.69. The van der Waals surface area contributed by atoms with E-state index in [0.717, 1.165) is 23.1 Å². The third-order valence-electron chi connectivity index (χ3n) is 3.62. The molecule has 3 rings (SSSR count). The number of hydrogen-bond acceptors (Lipinski definition) is 3. The number of hydrogen-bond donors (Lipinski definition) is 1. The second-order valence-corrected chi connectivity index (χ2v) is 5.31. The molecule has 0 radical (unpaired) electrons. The summed E-state index contributed by atoms with van der Waals surface area (Å²) in [7, 11) is 1.83. The van der Waals surface area contributed by atoms with Crippen molar-refractivity contribution in [2.75, 3.05) is 6.54 Å². The molecule has 1 amide bonds. The smallest absolute Gasteiger partial charge is 0.252 e. The van der Waals surface area contributed by atoms with Crippen LogP contribution in [-0.2, 0) is 13.5 Å². The number of rotatable bonds is 4. The van der Waals surface area contributed by atoms with Gasteiger partial charge in [-0.15, -0.1) is 0 Å². The van der Waals surface area contributed by atoms with Crippen molar-refractivity contribution in [1.29, 1.82) is 0 Å². The van der Waals surface area contributed by atoms with Crippen molar-refractivity contribution in [2.24, 2.45) is 7.05 Å². The Balaban J connectivity index is 1.75. The molecule has 1 N–H and O–H groups in total. The summed E-state index contributed by atoms with van der Waals surface area (Å²) in [5, 5.41) is 7.94. The Bertz CT molecular complexity index is 808. The van der Waals surface area contributed by atoms with E-state index in [2.05, 4.69) is 27.5 Å². The van der Waals surface area contributed by atoms with E-state index in [1.54, 1.807) is 10.9 Å². The van der Waals surface area contributed by atoms with E-state index >= 15 is 0 Å². The molecule has 0 bridgehead atoms. The van der Waals surface area contributed by atoms with Crippen LogP contribution in [0.15, 0.2) is 42.6 Å². The van der Waals surface area contributed by atoms with Crippen LogP contribution >= 0.6 is 0 Å². The normalized spacial score (nSPS) is 10.8. The van der Waals surface area contributed by atoms with Crippen LogP contribution in [0.5, 0.6) is 0 Å². The molecule has 5 heteroatoms. The van der Waals surface area contributed by atoms with Gasteiger partial charge in [0.15, 0.2) is 5.65 Å². The second kappa shape index (κ2) is 5.97. The number of nitrogens with one attached hydrogen (secondary N) is 1. The van der Waals surface area contributed by atoms with Gasteiger partial charge in [0.05, 0.1) is 17.1 Å². The van der Waals surface area contributed by atoms with Crippen molar-refractivity contribution in [3.63, 3.8) is 0 Å². The fourth-order valence-electron chi connectivity index (χ4n) is 2.49. The van der Waals surface area contributed by atoms with Gasteiger partial charge in [-0.05, 0) is 25.0 Å². The Morgan fingerprint density at radius 3 is 2.82 bits per heavy atom. The maximum atomic E-state index is 12.4. The Morgan fingerprint density at radius 2 is 2.05 bits per heavy atom. The zero-order chi connectivity index (χ0) is 15.5. The lowest BCUT2D eigenvalue weighted by molar-refractivity contribution is 0.0955. The molecule has 5 nitrogen and oxygen atoms in total. The average molecular weight is 294 g/mol. The van der Waals surface area contributed by atoms with Gasteiger partial charge in [0.1, 0.15) is 0 Å². The maximum absolute atomic E-state index is 12.4. The number of nitrogens with zero attached hydrogens (tertiary/aromatic N) is 3. The lowest BCUT2D eigenvalue weighted by Crippen LogP contribution is -2.26. The minimum Gasteiger partial charge on any atom is -0.352 e. The molecular formula is C17H18N4O. The highest BCUT2D eigenvalue weighted by atomic mass is 16.1. The number of amides is 1. The molecule has 0 aliphatic heterocycles. The van der Waals surface area contributed by atoms with Gasteiger partial charge in [-0.2, -0.15) is 5.10 Å². The van der Waals surface area contributed by atoms with E-state index in [1.165, 1.54) is 5.56 Å². The van der Waals surface area contributed by atoms with E-state index in [0.29, 0.717) is 12.1 Å². The van der Waals surface area contributed by atoms with Crippen LogP contribution < -0.4 is 5.32 Å². The van der Waals surface area contributed by atoms with E-state index in [9.17, 15) is 4.79 Å². The highest BCUT2D eigenvalue weighted by Gasteiger charge is 2.14. The summed E-state index contributed by atoms with van der Waals surface area (Å²) < 4.78 is 1.68. The first-order valence-electron chi connectivity index (χ1n) is 7.26. The van der Waals surface area contributed by atoms with Gasteiger partial charge in [-0.25, -0.2) is 4.98 Å². The lowest BCUT2D eigenvalue weighted by atomic mass is 10.1. The third-order valence-corrected chi connectivity index (χ3v) is 3.62. The molecule has 1 aromatic carbocycles. The second-order valence-electron chi connectivity index (χ2n) is 5.31. The molecule has 112 valence electrons. The zero-order valence-electron chi connectivity index (χ0n) is 12.7. The van der Waals surface area contributed by atoms with Gasteiger partial charge < -0.3 is 5.32 Å². The van der Waals surface area contributed by atoms with Crippen molar-refractivity contribution in [3.8, 4) is 0 Å². The SMILES string of the molecule is Cc1cc(C(=O)NCCc2ccccc2)c2cnn(C)c2n1. The topological polar surface area (TPSA) is 59.8 Å². The molecule has 2 aromatic heterocycles. The molecule has 3 aromatic rings. The van der Waals surface area contributed by atoms with Crippen molar-refractivity contribution >= 4 is 16.9 Å². The first-order chi connectivity index (χ1) is 10.6. The minimum atomic E-state index is -0.0839. The molecule has 0 aliphatic carbocycles. The van der Waals surface area contributed by atoms with Crippen LogP contribution in [0, 0.1) is 6.92 Å². The Kier molecular flexibility index (Phi) is 3.87. The molecular weight excluding hydrogens is 276 g/mol. The number of aryl methyl sites for hydroxylation is 2. The molecule has 22 heavy (non-hydrogen) atoms. The maximum Gasteiger partial charge on any atom is 0.252 e. The monoisotopic (exact) mass is 294 g/mol. The number of benzene rings is 1. The number of pyridine rings is 1. The quantitative estimate of drug-likeness (QED) is 0.803.